The highest BCUT2D eigenvalue weighted by molar-refractivity contribution is 5.93. The van der Waals surface area contributed by atoms with Gasteiger partial charge in [-0.05, 0) is 0 Å². The first-order chi connectivity index (χ1) is 8.30. The lowest BCUT2D eigenvalue weighted by atomic mass is 10.2. The Morgan fingerprint density at radius 1 is 1.28 bits per heavy atom. The summed E-state index contributed by atoms with van der Waals surface area (Å²) >= 11 is 0. The van der Waals surface area contributed by atoms with Crippen LogP contribution in [0.4, 0.5) is 13.2 Å². The summed E-state index contributed by atoms with van der Waals surface area (Å²) in [6, 6.07) is 0. The van der Waals surface area contributed by atoms with Gasteiger partial charge in [0.1, 0.15) is 5.56 Å². The van der Waals surface area contributed by atoms with Gasteiger partial charge in [-0.25, -0.2) is 4.79 Å². The van der Waals surface area contributed by atoms with Crippen LogP contribution in [0.2, 0.25) is 0 Å². The molecule has 0 saturated heterocycles. The van der Waals surface area contributed by atoms with Crippen LogP contribution in [0, 0.1) is 0 Å². The highest BCUT2D eigenvalue weighted by Crippen LogP contribution is 2.31. The number of rotatable bonds is 3. The van der Waals surface area contributed by atoms with Crippen LogP contribution in [0.3, 0.4) is 0 Å². The van der Waals surface area contributed by atoms with Crippen molar-refractivity contribution in [1.82, 2.24) is 4.98 Å². The van der Waals surface area contributed by atoms with Gasteiger partial charge in [-0.2, -0.15) is 0 Å². The van der Waals surface area contributed by atoms with Crippen molar-refractivity contribution >= 4 is 5.97 Å². The Balaban J connectivity index is 3.40. The van der Waals surface area contributed by atoms with Gasteiger partial charge in [-0.1, -0.05) is 0 Å². The molecule has 1 N–H and O–H groups in total. The van der Waals surface area contributed by atoms with Gasteiger partial charge in [-0.15, -0.1) is 13.2 Å². The first-order valence-corrected chi connectivity index (χ1v) is 4.44. The standard InChI is InChI=1S/C9H8F3NO5/c1-16-5-4(8(15)17-2)3-13-7(14)6(5)18-9(10,11)12/h3H,1-2H3,(H,13,14). The van der Waals surface area contributed by atoms with Crippen molar-refractivity contribution in [2.45, 2.75) is 6.36 Å². The largest absolute Gasteiger partial charge is 0.573 e. The lowest BCUT2D eigenvalue weighted by Gasteiger charge is -2.13. The average molecular weight is 267 g/mol. The number of carbonyl (C=O) groups is 1. The van der Waals surface area contributed by atoms with E-state index >= 15 is 0 Å². The topological polar surface area (TPSA) is 77.6 Å². The molecular formula is C9H8F3NO5. The molecule has 0 atom stereocenters. The molecule has 9 heteroatoms. The molecule has 0 radical (unpaired) electrons. The molecule has 0 unspecified atom stereocenters. The molecule has 0 saturated carbocycles. The van der Waals surface area contributed by atoms with Gasteiger partial charge >= 0.3 is 12.3 Å². The molecule has 0 spiro atoms. The maximum atomic E-state index is 12.1. The minimum atomic E-state index is -5.09. The van der Waals surface area contributed by atoms with Crippen LogP contribution in [0.1, 0.15) is 10.4 Å². The third-order valence-corrected chi connectivity index (χ3v) is 1.83. The van der Waals surface area contributed by atoms with Crippen LogP contribution < -0.4 is 15.0 Å². The predicted molar refractivity (Wildman–Crippen MR) is 51.6 cm³/mol. The summed E-state index contributed by atoms with van der Waals surface area (Å²) in [6.45, 7) is 0. The number of carbonyl (C=O) groups excluding carboxylic acids is 1. The van der Waals surface area contributed by atoms with Gasteiger partial charge in [0.2, 0.25) is 5.75 Å². The van der Waals surface area contributed by atoms with Crippen molar-refractivity contribution in [1.29, 1.82) is 0 Å². The zero-order chi connectivity index (χ0) is 13.9. The van der Waals surface area contributed by atoms with Crippen molar-refractivity contribution in [3.63, 3.8) is 0 Å². The molecule has 100 valence electrons. The second-order valence-corrected chi connectivity index (χ2v) is 2.93. The van der Waals surface area contributed by atoms with Crippen LogP contribution in [0.15, 0.2) is 11.0 Å². The van der Waals surface area contributed by atoms with E-state index in [0.29, 0.717) is 0 Å². The van der Waals surface area contributed by atoms with Crippen LogP contribution in [-0.4, -0.2) is 31.5 Å². The summed E-state index contributed by atoms with van der Waals surface area (Å²) in [6.07, 6.45) is -4.22. The number of H-pyrrole nitrogens is 1. The van der Waals surface area contributed by atoms with Crippen LogP contribution >= 0.6 is 0 Å². The number of methoxy groups -OCH3 is 2. The van der Waals surface area contributed by atoms with E-state index in [9.17, 15) is 22.8 Å². The zero-order valence-electron chi connectivity index (χ0n) is 9.25. The third-order valence-electron chi connectivity index (χ3n) is 1.83. The number of hydrogen-bond donors (Lipinski definition) is 1. The van der Waals surface area contributed by atoms with Gasteiger partial charge in [0, 0.05) is 6.20 Å². The highest BCUT2D eigenvalue weighted by Gasteiger charge is 2.35. The van der Waals surface area contributed by atoms with Crippen LogP contribution in [-0.2, 0) is 4.74 Å². The number of hydrogen-bond acceptors (Lipinski definition) is 5. The Morgan fingerprint density at radius 2 is 1.89 bits per heavy atom. The average Bonchev–Trinajstić information content (AvgIpc) is 2.29. The van der Waals surface area contributed by atoms with E-state index in [2.05, 4.69) is 14.2 Å². The molecule has 0 amide bonds. The molecule has 0 fully saturated rings. The summed E-state index contributed by atoms with van der Waals surface area (Å²) in [5.74, 6) is -2.79. The Morgan fingerprint density at radius 3 is 2.33 bits per heavy atom. The van der Waals surface area contributed by atoms with Gasteiger partial charge < -0.3 is 19.2 Å². The summed E-state index contributed by atoms with van der Waals surface area (Å²) in [5.41, 5.74) is -1.57. The number of alkyl halides is 3. The van der Waals surface area contributed by atoms with E-state index in [-0.39, 0.29) is 5.56 Å². The van der Waals surface area contributed by atoms with E-state index in [1.807, 2.05) is 4.98 Å². The Kier molecular flexibility index (Phi) is 3.84. The van der Waals surface area contributed by atoms with Crippen LogP contribution in [0.5, 0.6) is 11.5 Å². The molecule has 1 aromatic heterocycles. The molecular weight excluding hydrogens is 259 g/mol. The quantitative estimate of drug-likeness (QED) is 0.829. The second kappa shape index (κ2) is 4.98. The van der Waals surface area contributed by atoms with E-state index < -0.39 is 29.4 Å². The van der Waals surface area contributed by atoms with E-state index in [0.717, 1.165) is 20.4 Å². The maximum Gasteiger partial charge on any atom is 0.573 e. The minimum absolute atomic E-state index is 0.390. The highest BCUT2D eigenvalue weighted by atomic mass is 19.4. The Labute approximate surface area is 98.3 Å². The first kappa shape index (κ1) is 13.9. The Hall–Kier alpha value is -2.19. The first-order valence-electron chi connectivity index (χ1n) is 4.44. The molecule has 1 heterocycles. The summed E-state index contributed by atoms with van der Waals surface area (Å²) in [7, 11) is 2.02. The van der Waals surface area contributed by atoms with Gasteiger partial charge in [0.25, 0.3) is 5.56 Å². The number of aromatic amines is 1. The smallest absolute Gasteiger partial charge is 0.492 e. The minimum Gasteiger partial charge on any atom is -0.492 e. The molecule has 1 rings (SSSR count). The van der Waals surface area contributed by atoms with Crippen molar-refractivity contribution in [2.75, 3.05) is 14.2 Å². The molecule has 1 aromatic rings. The normalized spacial score (nSPS) is 10.9. The maximum absolute atomic E-state index is 12.1. The number of aromatic nitrogens is 1. The molecule has 0 aromatic carbocycles. The molecule has 0 aliphatic rings. The van der Waals surface area contributed by atoms with E-state index in [4.69, 9.17) is 0 Å². The lowest BCUT2D eigenvalue weighted by Crippen LogP contribution is -2.24. The number of nitrogens with one attached hydrogen (secondary N) is 1. The van der Waals surface area contributed by atoms with Crippen molar-refractivity contribution < 1.29 is 32.2 Å². The van der Waals surface area contributed by atoms with Gasteiger partial charge in [0.15, 0.2) is 5.75 Å². The number of esters is 1. The second-order valence-electron chi connectivity index (χ2n) is 2.93. The number of pyridine rings is 1. The fraction of sp³-hybridized carbons (Fsp3) is 0.333. The Bertz CT molecular complexity index is 508. The summed E-state index contributed by atoms with van der Waals surface area (Å²) in [4.78, 5) is 24.4. The predicted octanol–water partition coefficient (Wildman–Crippen LogP) is 1.07. The molecule has 0 aliphatic heterocycles. The lowest BCUT2D eigenvalue weighted by molar-refractivity contribution is -0.275. The van der Waals surface area contributed by atoms with Crippen molar-refractivity contribution in [3.05, 3.63) is 22.1 Å². The molecule has 18 heavy (non-hydrogen) atoms. The van der Waals surface area contributed by atoms with Crippen molar-refractivity contribution in [2.24, 2.45) is 0 Å². The fourth-order valence-electron chi connectivity index (χ4n) is 1.17. The molecule has 6 nitrogen and oxygen atoms in total. The van der Waals surface area contributed by atoms with Gasteiger partial charge in [0.05, 0.1) is 14.2 Å². The summed E-state index contributed by atoms with van der Waals surface area (Å²) in [5, 5.41) is 0. The SMILES string of the molecule is COC(=O)c1c[nH]c(=O)c(OC(F)(F)F)c1OC. The zero-order valence-corrected chi connectivity index (χ0v) is 9.25. The third kappa shape index (κ3) is 2.93. The van der Waals surface area contributed by atoms with Crippen molar-refractivity contribution in [3.8, 4) is 11.5 Å². The van der Waals surface area contributed by atoms with E-state index in [1.165, 1.54) is 0 Å². The number of halogens is 3. The molecule has 0 aliphatic carbocycles. The van der Waals surface area contributed by atoms with Gasteiger partial charge in [-0.3, -0.25) is 4.79 Å². The van der Waals surface area contributed by atoms with E-state index in [1.54, 1.807) is 0 Å². The monoisotopic (exact) mass is 267 g/mol. The number of ether oxygens (including phenoxy) is 3. The fourth-order valence-corrected chi connectivity index (χ4v) is 1.17. The molecule has 0 bridgehead atoms. The van der Waals surface area contributed by atoms with Crippen LogP contribution in [0.25, 0.3) is 0 Å². The summed E-state index contributed by atoms with van der Waals surface area (Å²) < 4.78 is 48.7.